The van der Waals surface area contributed by atoms with Gasteiger partial charge in [0, 0.05) is 58.4 Å². The van der Waals surface area contributed by atoms with Crippen LogP contribution in [0.5, 0.6) is 0 Å². The van der Waals surface area contributed by atoms with E-state index in [0.29, 0.717) is 0 Å². The number of fused-ring (bicyclic) bond motifs is 11. The van der Waals surface area contributed by atoms with Gasteiger partial charge in [0.05, 0.1) is 11.0 Å². The molecule has 2 nitrogen and oxygen atoms in total. The Kier molecular flexibility index (Phi) is 3.31. The number of rotatable bonds is 1. The van der Waals surface area contributed by atoms with Gasteiger partial charge in [0.25, 0.3) is 0 Å². The van der Waals surface area contributed by atoms with Gasteiger partial charge in [-0.15, -0.1) is 11.3 Å². The lowest BCUT2D eigenvalue weighted by Gasteiger charge is -2.07. The molecule has 0 radical (unpaired) electrons. The van der Waals surface area contributed by atoms with Crippen LogP contribution in [0, 0.1) is 0 Å². The average Bonchev–Trinajstić information content (AvgIpc) is 3.53. The molecule has 3 heterocycles. The second-order valence-corrected chi connectivity index (χ2v) is 9.71. The van der Waals surface area contributed by atoms with Crippen molar-refractivity contribution in [3.8, 4) is 5.69 Å². The summed E-state index contributed by atoms with van der Waals surface area (Å²) in [5, 5.41) is 7.96. The zero-order valence-electron chi connectivity index (χ0n) is 17.7. The van der Waals surface area contributed by atoms with E-state index in [1.165, 1.54) is 69.5 Å². The van der Waals surface area contributed by atoms with Crippen LogP contribution in [0.4, 0.5) is 0 Å². The molecule has 0 saturated carbocycles. The minimum atomic E-state index is 1.19. The van der Waals surface area contributed by atoms with Gasteiger partial charge < -0.3 is 9.55 Å². The fraction of sp³-hybridized carbons (Fsp3) is 0. The molecule has 0 bridgehead atoms. The molecule has 8 aromatic rings. The lowest BCUT2D eigenvalue weighted by atomic mass is 10.0. The minimum absolute atomic E-state index is 1.19. The first kappa shape index (κ1) is 17.5. The number of nitrogens with one attached hydrogen (secondary N) is 1. The first-order chi connectivity index (χ1) is 16.4. The highest BCUT2D eigenvalue weighted by Gasteiger charge is 2.19. The molecule has 0 aliphatic carbocycles. The van der Waals surface area contributed by atoms with Crippen molar-refractivity contribution in [2.75, 3.05) is 0 Å². The maximum absolute atomic E-state index is 3.72. The number of nitrogens with zero attached hydrogens (tertiary/aromatic N) is 1. The lowest BCUT2D eigenvalue weighted by Crippen LogP contribution is -1.92. The number of thiophene rings is 1. The Bertz CT molecular complexity index is 2020. The molecule has 3 heteroatoms. The Morgan fingerprint density at radius 3 is 2.15 bits per heavy atom. The maximum Gasteiger partial charge on any atom is 0.0548 e. The molecule has 0 fully saturated rings. The zero-order chi connectivity index (χ0) is 21.5. The van der Waals surface area contributed by atoms with Crippen LogP contribution in [0.2, 0.25) is 0 Å². The van der Waals surface area contributed by atoms with E-state index in [1.54, 1.807) is 0 Å². The minimum Gasteiger partial charge on any atom is -0.354 e. The number of aromatic amines is 1. The summed E-state index contributed by atoms with van der Waals surface area (Å²) in [5.41, 5.74) is 6.07. The molecular weight excluding hydrogens is 420 g/mol. The van der Waals surface area contributed by atoms with Gasteiger partial charge in [0.1, 0.15) is 0 Å². The summed E-state index contributed by atoms with van der Waals surface area (Å²) in [5.74, 6) is 0. The molecule has 3 aromatic heterocycles. The van der Waals surface area contributed by atoms with Crippen LogP contribution >= 0.6 is 11.3 Å². The third kappa shape index (κ3) is 2.22. The van der Waals surface area contributed by atoms with Crippen LogP contribution in [0.15, 0.2) is 103 Å². The van der Waals surface area contributed by atoms with E-state index >= 15 is 0 Å². The Hall–Kier alpha value is -4.08. The summed E-state index contributed by atoms with van der Waals surface area (Å²) in [6.45, 7) is 0. The second-order valence-electron chi connectivity index (χ2n) is 8.66. The summed E-state index contributed by atoms with van der Waals surface area (Å²) in [4.78, 5) is 3.72. The molecule has 154 valence electrons. The van der Waals surface area contributed by atoms with Crippen molar-refractivity contribution in [3.63, 3.8) is 0 Å². The third-order valence-corrected chi connectivity index (χ3v) is 8.12. The average molecular weight is 439 g/mol. The smallest absolute Gasteiger partial charge is 0.0548 e. The van der Waals surface area contributed by atoms with E-state index in [2.05, 4.69) is 113 Å². The Balaban J connectivity index is 1.66. The molecule has 1 N–H and O–H groups in total. The van der Waals surface area contributed by atoms with Crippen molar-refractivity contribution >= 4 is 75.1 Å². The van der Waals surface area contributed by atoms with E-state index < -0.39 is 0 Å². The van der Waals surface area contributed by atoms with E-state index in [1.807, 2.05) is 11.3 Å². The van der Waals surface area contributed by atoms with Crippen molar-refractivity contribution in [3.05, 3.63) is 103 Å². The van der Waals surface area contributed by atoms with Gasteiger partial charge in [-0.05, 0) is 42.5 Å². The lowest BCUT2D eigenvalue weighted by molar-refractivity contribution is 1.18. The molecular formula is C30H18N2S. The highest BCUT2D eigenvalue weighted by Crippen LogP contribution is 2.45. The first-order valence-electron chi connectivity index (χ1n) is 11.2. The predicted octanol–water partition coefficient (Wildman–Crippen LogP) is 8.79. The molecule has 0 saturated heterocycles. The quantitative estimate of drug-likeness (QED) is 0.264. The molecule has 33 heavy (non-hydrogen) atoms. The fourth-order valence-electron chi connectivity index (χ4n) is 5.57. The molecule has 0 amide bonds. The van der Waals surface area contributed by atoms with Crippen LogP contribution < -0.4 is 0 Å². The molecule has 0 atom stereocenters. The molecule has 8 rings (SSSR count). The molecule has 0 unspecified atom stereocenters. The van der Waals surface area contributed by atoms with Gasteiger partial charge in [-0.1, -0.05) is 60.7 Å². The normalized spacial score (nSPS) is 12.2. The number of aromatic nitrogens is 2. The summed E-state index contributed by atoms with van der Waals surface area (Å²) < 4.78 is 5.10. The monoisotopic (exact) mass is 438 g/mol. The fourth-order valence-corrected chi connectivity index (χ4v) is 6.82. The molecule has 0 aliphatic heterocycles. The summed E-state index contributed by atoms with van der Waals surface area (Å²) in [6.07, 6.45) is 0. The standard InChI is InChI=1S/C30H18N2S/c1-2-8-18(9-3-1)32-24-12-6-4-11-21(24)27-25(32)17-16-22-28(27)29-23(31-22)15-14-20-19-10-5-7-13-26(19)33-30(20)29/h1-17,31H. The molecule has 0 spiro atoms. The summed E-state index contributed by atoms with van der Waals surface area (Å²) in [7, 11) is 0. The van der Waals surface area contributed by atoms with E-state index in [4.69, 9.17) is 0 Å². The van der Waals surface area contributed by atoms with Crippen LogP contribution in [-0.2, 0) is 0 Å². The SMILES string of the molecule is c1ccc(-n2c3ccccc3c3c4c(ccc32)[nH]c2ccc3c5ccccc5sc3c24)cc1. The summed E-state index contributed by atoms with van der Waals surface area (Å²) >= 11 is 1.90. The number of hydrogen-bond acceptors (Lipinski definition) is 1. The number of H-pyrrole nitrogens is 1. The largest absolute Gasteiger partial charge is 0.354 e. The van der Waals surface area contributed by atoms with E-state index in [0.717, 1.165) is 0 Å². The van der Waals surface area contributed by atoms with Crippen molar-refractivity contribution in [2.24, 2.45) is 0 Å². The Morgan fingerprint density at radius 2 is 1.24 bits per heavy atom. The van der Waals surface area contributed by atoms with Crippen LogP contribution in [0.25, 0.3) is 69.5 Å². The van der Waals surface area contributed by atoms with Crippen molar-refractivity contribution in [1.82, 2.24) is 9.55 Å². The zero-order valence-corrected chi connectivity index (χ0v) is 18.5. The highest BCUT2D eigenvalue weighted by molar-refractivity contribution is 7.26. The van der Waals surface area contributed by atoms with E-state index in [-0.39, 0.29) is 0 Å². The van der Waals surface area contributed by atoms with Crippen LogP contribution in [0.3, 0.4) is 0 Å². The number of hydrogen-bond donors (Lipinski definition) is 1. The second kappa shape index (κ2) is 6.25. The van der Waals surface area contributed by atoms with Crippen molar-refractivity contribution in [2.45, 2.75) is 0 Å². The summed E-state index contributed by atoms with van der Waals surface area (Å²) in [6, 6.07) is 37.3. The topological polar surface area (TPSA) is 20.7 Å². The van der Waals surface area contributed by atoms with Gasteiger partial charge in [0.15, 0.2) is 0 Å². The van der Waals surface area contributed by atoms with Gasteiger partial charge in [-0.2, -0.15) is 0 Å². The molecule has 0 aliphatic rings. The van der Waals surface area contributed by atoms with Gasteiger partial charge in [-0.25, -0.2) is 0 Å². The van der Waals surface area contributed by atoms with Gasteiger partial charge in [0.2, 0.25) is 0 Å². The van der Waals surface area contributed by atoms with Crippen LogP contribution in [-0.4, -0.2) is 9.55 Å². The predicted molar refractivity (Wildman–Crippen MR) is 143 cm³/mol. The first-order valence-corrected chi connectivity index (χ1v) is 12.0. The Morgan fingerprint density at radius 1 is 0.515 bits per heavy atom. The maximum atomic E-state index is 3.72. The van der Waals surface area contributed by atoms with Crippen LogP contribution in [0.1, 0.15) is 0 Å². The van der Waals surface area contributed by atoms with Crippen molar-refractivity contribution in [1.29, 1.82) is 0 Å². The number of benzene rings is 5. The number of para-hydroxylation sites is 2. The van der Waals surface area contributed by atoms with Gasteiger partial charge in [-0.3, -0.25) is 0 Å². The Labute approximate surface area is 193 Å². The van der Waals surface area contributed by atoms with Gasteiger partial charge >= 0.3 is 0 Å². The van der Waals surface area contributed by atoms with E-state index in [9.17, 15) is 0 Å². The highest BCUT2D eigenvalue weighted by atomic mass is 32.1. The molecule has 5 aromatic carbocycles. The third-order valence-electron chi connectivity index (χ3n) is 6.92. The van der Waals surface area contributed by atoms with Crippen molar-refractivity contribution < 1.29 is 0 Å².